The van der Waals surface area contributed by atoms with Crippen LogP contribution in [-0.4, -0.2) is 36.2 Å². The molecule has 0 amide bonds. The maximum atomic E-state index is 5.38. The zero-order chi connectivity index (χ0) is 14.5. The second-order valence-corrected chi connectivity index (χ2v) is 6.27. The van der Waals surface area contributed by atoms with E-state index in [9.17, 15) is 0 Å². The molecule has 1 aromatic heterocycles. The average molecular weight is 303 g/mol. The molecule has 4 nitrogen and oxygen atoms in total. The molecule has 1 atom stereocenters. The summed E-state index contributed by atoms with van der Waals surface area (Å²) in [5.41, 5.74) is 4.38. The van der Waals surface area contributed by atoms with E-state index in [2.05, 4.69) is 46.4 Å². The summed E-state index contributed by atoms with van der Waals surface area (Å²) in [7, 11) is 0. The van der Waals surface area contributed by atoms with Crippen LogP contribution in [0.25, 0.3) is 0 Å². The van der Waals surface area contributed by atoms with E-state index < -0.39 is 0 Å². The van der Waals surface area contributed by atoms with Gasteiger partial charge in [0.15, 0.2) is 0 Å². The minimum atomic E-state index is 0.294. The summed E-state index contributed by atoms with van der Waals surface area (Å²) in [5.74, 6) is 0. The van der Waals surface area contributed by atoms with E-state index in [0.717, 1.165) is 38.5 Å². The van der Waals surface area contributed by atoms with Crippen molar-refractivity contribution in [3.05, 3.63) is 46.4 Å². The first-order valence-corrected chi connectivity index (χ1v) is 8.23. The molecule has 0 bridgehead atoms. The molecule has 1 aliphatic heterocycles. The lowest BCUT2D eigenvalue weighted by Gasteiger charge is -2.26. The van der Waals surface area contributed by atoms with Crippen LogP contribution in [0.3, 0.4) is 0 Å². The van der Waals surface area contributed by atoms with E-state index in [1.807, 2.05) is 11.7 Å². The number of hydrogen-bond acceptors (Lipinski definition) is 5. The van der Waals surface area contributed by atoms with Crippen molar-refractivity contribution >= 4 is 17.0 Å². The van der Waals surface area contributed by atoms with E-state index in [1.165, 1.54) is 10.4 Å². The number of nitrogens with one attached hydrogen (secondary N) is 1. The van der Waals surface area contributed by atoms with Crippen LogP contribution in [0.4, 0.5) is 5.69 Å². The maximum Gasteiger partial charge on any atom is 0.0795 e. The number of hydrogen-bond donors (Lipinski definition) is 1. The fourth-order valence-corrected chi connectivity index (χ4v) is 3.11. The lowest BCUT2D eigenvalue weighted by molar-refractivity contribution is 0.0342. The van der Waals surface area contributed by atoms with Gasteiger partial charge in [-0.05, 0) is 24.6 Å². The van der Waals surface area contributed by atoms with Crippen molar-refractivity contribution in [3.8, 4) is 0 Å². The third-order valence-corrected chi connectivity index (χ3v) is 4.68. The van der Waals surface area contributed by atoms with Crippen molar-refractivity contribution in [2.75, 3.05) is 31.6 Å². The third kappa shape index (κ3) is 4.03. The van der Waals surface area contributed by atoms with Crippen molar-refractivity contribution in [3.63, 3.8) is 0 Å². The zero-order valence-electron chi connectivity index (χ0n) is 12.3. The Balaban J connectivity index is 1.56. The monoisotopic (exact) mass is 303 g/mol. The van der Waals surface area contributed by atoms with Gasteiger partial charge in [0.25, 0.3) is 0 Å². The van der Waals surface area contributed by atoms with Gasteiger partial charge >= 0.3 is 0 Å². The Morgan fingerprint density at radius 1 is 1.29 bits per heavy atom. The van der Waals surface area contributed by atoms with Gasteiger partial charge in [-0.15, -0.1) is 11.3 Å². The quantitative estimate of drug-likeness (QED) is 0.921. The molecule has 0 spiro atoms. The molecule has 0 radical (unpaired) electrons. The molecule has 1 unspecified atom stereocenters. The fraction of sp³-hybridized carbons (Fsp3) is 0.438. The molecule has 2 aromatic rings. The Hall–Kier alpha value is -1.43. The van der Waals surface area contributed by atoms with Crippen molar-refractivity contribution in [1.29, 1.82) is 0 Å². The summed E-state index contributed by atoms with van der Waals surface area (Å²) in [5, 5.41) is 3.51. The average Bonchev–Trinajstić information content (AvgIpc) is 3.05. The Labute approximate surface area is 129 Å². The standard InChI is InChI=1S/C16H21N3OS/c1-13(16-10-17-12-21-16)18-15-4-2-14(3-5-15)11-19-6-8-20-9-7-19/h2-5,10,12-13,18H,6-9,11H2,1H3. The van der Waals surface area contributed by atoms with Crippen molar-refractivity contribution in [2.24, 2.45) is 0 Å². The minimum absolute atomic E-state index is 0.294. The van der Waals surface area contributed by atoms with Crippen LogP contribution in [0.2, 0.25) is 0 Å². The number of rotatable bonds is 5. The highest BCUT2D eigenvalue weighted by atomic mass is 32.1. The molecule has 3 rings (SSSR count). The summed E-state index contributed by atoms with van der Waals surface area (Å²) in [6, 6.07) is 9.03. The highest BCUT2D eigenvalue weighted by Crippen LogP contribution is 2.22. The first kappa shape index (κ1) is 14.5. The van der Waals surface area contributed by atoms with Crippen molar-refractivity contribution in [2.45, 2.75) is 19.5 Å². The molecule has 1 aliphatic rings. The van der Waals surface area contributed by atoms with Crippen LogP contribution in [0.1, 0.15) is 23.4 Å². The van der Waals surface area contributed by atoms with Crippen LogP contribution >= 0.6 is 11.3 Å². The number of ether oxygens (including phenoxy) is 1. The summed E-state index contributed by atoms with van der Waals surface area (Å²) >= 11 is 1.68. The number of benzene rings is 1. The van der Waals surface area contributed by atoms with E-state index >= 15 is 0 Å². The predicted octanol–water partition coefficient (Wildman–Crippen LogP) is 3.15. The summed E-state index contributed by atoms with van der Waals surface area (Å²) < 4.78 is 5.38. The Morgan fingerprint density at radius 3 is 2.71 bits per heavy atom. The molecule has 1 fully saturated rings. The Kier molecular flexibility index (Phi) is 4.85. The van der Waals surface area contributed by atoms with E-state index in [-0.39, 0.29) is 0 Å². The van der Waals surface area contributed by atoms with Crippen LogP contribution in [-0.2, 0) is 11.3 Å². The van der Waals surface area contributed by atoms with Crippen LogP contribution < -0.4 is 5.32 Å². The van der Waals surface area contributed by atoms with Gasteiger partial charge in [0, 0.05) is 36.4 Å². The van der Waals surface area contributed by atoms with Gasteiger partial charge in [0.05, 0.1) is 24.8 Å². The lowest BCUT2D eigenvalue weighted by Crippen LogP contribution is -2.35. The molecule has 0 saturated carbocycles. The second-order valence-electron chi connectivity index (χ2n) is 5.36. The van der Waals surface area contributed by atoms with Gasteiger partial charge in [-0.1, -0.05) is 12.1 Å². The highest BCUT2D eigenvalue weighted by molar-refractivity contribution is 7.09. The van der Waals surface area contributed by atoms with E-state index in [4.69, 9.17) is 4.74 Å². The van der Waals surface area contributed by atoms with Gasteiger partial charge < -0.3 is 10.1 Å². The van der Waals surface area contributed by atoms with Gasteiger partial charge in [-0.25, -0.2) is 0 Å². The van der Waals surface area contributed by atoms with E-state index in [1.54, 1.807) is 11.3 Å². The highest BCUT2D eigenvalue weighted by Gasteiger charge is 2.11. The smallest absolute Gasteiger partial charge is 0.0795 e. The number of morpholine rings is 1. The lowest BCUT2D eigenvalue weighted by atomic mass is 10.1. The molecule has 5 heteroatoms. The van der Waals surface area contributed by atoms with E-state index in [0.29, 0.717) is 6.04 Å². The van der Waals surface area contributed by atoms with Gasteiger partial charge in [-0.3, -0.25) is 9.88 Å². The van der Waals surface area contributed by atoms with Crippen LogP contribution in [0, 0.1) is 0 Å². The molecule has 21 heavy (non-hydrogen) atoms. The summed E-state index contributed by atoms with van der Waals surface area (Å²) in [4.78, 5) is 7.82. The van der Waals surface area contributed by atoms with Crippen molar-refractivity contribution < 1.29 is 4.74 Å². The Bertz CT molecular complexity index is 535. The topological polar surface area (TPSA) is 37.4 Å². The third-order valence-electron chi connectivity index (χ3n) is 3.73. The molecule has 1 saturated heterocycles. The number of aromatic nitrogens is 1. The SMILES string of the molecule is CC(Nc1ccc(CN2CCOCC2)cc1)c1cncs1. The van der Waals surface area contributed by atoms with Crippen LogP contribution in [0.5, 0.6) is 0 Å². The van der Waals surface area contributed by atoms with Crippen LogP contribution in [0.15, 0.2) is 36.0 Å². The summed E-state index contributed by atoms with van der Waals surface area (Å²) in [6.07, 6.45) is 1.93. The fourth-order valence-electron chi connectivity index (χ4n) is 2.48. The first-order chi connectivity index (χ1) is 10.3. The molecular weight excluding hydrogens is 282 g/mol. The summed E-state index contributed by atoms with van der Waals surface area (Å²) in [6.45, 7) is 6.94. The molecule has 1 N–H and O–H groups in total. The maximum absolute atomic E-state index is 5.38. The van der Waals surface area contributed by atoms with Gasteiger partial charge in [-0.2, -0.15) is 0 Å². The first-order valence-electron chi connectivity index (χ1n) is 7.35. The van der Waals surface area contributed by atoms with Gasteiger partial charge in [0.2, 0.25) is 0 Å². The van der Waals surface area contributed by atoms with Crippen molar-refractivity contribution in [1.82, 2.24) is 9.88 Å². The molecule has 1 aromatic carbocycles. The molecule has 112 valence electrons. The normalized spacial score (nSPS) is 17.6. The molecule has 0 aliphatic carbocycles. The van der Waals surface area contributed by atoms with Gasteiger partial charge in [0.1, 0.15) is 0 Å². The largest absolute Gasteiger partial charge is 0.379 e. The number of nitrogens with zero attached hydrogens (tertiary/aromatic N) is 2. The number of thiazole rings is 1. The Morgan fingerprint density at radius 2 is 2.05 bits per heavy atom. The predicted molar refractivity (Wildman–Crippen MR) is 86.7 cm³/mol. The second kappa shape index (κ2) is 7.02. The zero-order valence-corrected chi connectivity index (χ0v) is 13.1. The number of anilines is 1. The minimum Gasteiger partial charge on any atom is -0.379 e. The molecule has 2 heterocycles. The molecular formula is C16H21N3OS.